The van der Waals surface area contributed by atoms with Crippen molar-refractivity contribution in [3.05, 3.63) is 60.7 Å². The zero-order valence-corrected chi connectivity index (χ0v) is 11.7. The average molecular weight is 277 g/mol. The first-order valence-electron chi connectivity index (χ1n) is 6.92. The van der Waals surface area contributed by atoms with Gasteiger partial charge in [-0.05, 0) is 24.3 Å². The van der Waals surface area contributed by atoms with E-state index in [9.17, 15) is 0 Å². The van der Waals surface area contributed by atoms with Crippen molar-refractivity contribution in [3.8, 4) is 0 Å². The quantitative estimate of drug-likeness (QED) is 0.617. The number of aryl methyl sites for hydroxylation is 1. The van der Waals surface area contributed by atoms with Crippen molar-refractivity contribution in [1.29, 1.82) is 0 Å². The Labute approximate surface area is 122 Å². The van der Waals surface area contributed by atoms with E-state index in [0.29, 0.717) is 6.54 Å². The Morgan fingerprint density at radius 1 is 1.10 bits per heavy atom. The van der Waals surface area contributed by atoms with Crippen molar-refractivity contribution in [1.82, 2.24) is 9.55 Å². The smallest absolute Gasteiger partial charge is 0.135 e. The summed E-state index contributed by atoms with van der Waals surface area (Å²) in [5, 5.41) is 5.69. The van der Waals surface area contributed by atoms with Crippen LogP contribution in [-0.2, 0) is 13.6 Å². The Morgan fingerprint density at radius 2 is 1.95 bits per heavy atom. The summed E-state index contributed by atoms with van der Waals surface area (Å²) in [5.41, 5.74) is 2.91. The summed E-state index contributed by atoms with van der Waals surface area (Å²) in [4.78, 5) is 4.32. The molecule has 0 saturated heterocycles. The number of furan rings is 1. The maximum atomic E-state index is 5.83. The van der Waals surface area contributed by atoms with Crippen LogP contribution in [0, 0.1) is 0 Å². The minimum Gasteiger partial charge on any atom is -0.456 e. The van der Waals surface area contributed by atoms with E-state index in [4.69, 9.17) is 4.42 Å². The molecule has 4 aromatic rings. The molecule has 1 N–H and O–H groups in total. The molecular weight excluding hydrogens is 262 g/mol. The van der Waals surface area contributed by atoms with Gasteiger partial charge in [0.2, 0.25) is 0 Å². The minimum atomic E-state index is 0.699. The Hall–Kier alpha value is -2.75. The van der Waals surface area contributed by atoms with E-state index in [2.05, 4.69) is 22.4 Å². The predicted octanol–water partition coefficient (Wildman–Crippen LogP) is 3.93. The molecule has 0 aliphatic rings. The van der Waals surface area contributed by atoms with Gasteiger partial charge < -0.3 is 14.3 Å². The summed E-state index contributed by atoms with van der Waals surface area (Å²) in [6.45, 7) is 0.699. The number of rotatable bonds is 3. The van der Waals surface area contributed by atoms with Crippen molar-refractivity contribution in [2.75, 3.05) is 5.32 Å². The number of nitrogens with zero attached hydrogens (tertiary/aromatic N) is 2. The molecular formula is C17H15N3O. The number of fused-ring (bicyclic) bond motifs is 3. The van der Waals surface area contributed by atoms with Gasteiger partial charge in [-0.25, -0.2) is 4.98 Å². The van der Waals surface area contributed by atoms with Crippen LogP contribution < -0.4 is 5.32 Å². The third-order valence-corrected chi connectivity index (χ3v) is 3.75. The van der Waals surface area contributed by atoms with Crippen LogP contribution >= 0.6 is 0 Å². The molecule has 0 amide bonds. The van der Waals surface area contributed by atoms with E-state index >= 15 is 0 Å². The summed E-state index contributed by atoms with van der Waals surface area (Å²) in [6.07, 6.45) is 3.76. The van der Waals surface area contributed by atoms with E-state index in [1.807, 2.05) is 54.3 Å². The fourth-order valence-electron chi connectivity index (χ4n) is 2.58. The van der Waals surface area contributed by atoms with E-state index in [1.54, 1.807) is 0 Å². The standard InChI is InChI=1S/C17H15N3O/c1-20-9-8-18-17(20)11-19-12-6-7-16-14(10-12)13-4-2-3-5-15(13)21-16/h2-10,19H,11H2,1H3. The third kappa shape index (κ3) is 2.05. The number of nitrogens with one attached hydrogen (secondary N) is 1. The Kier molecular flexibility index (Phi) is 2.67. The zero-order valence-electron chi connectivity index (χ0n) is 11.7. The molecule has 2 aromatic heterocycles. The summed E-state index contributed by atoms with van der Waals surface area (Å²) < 4.78 is 7.85. The van der Waals surface area contributed by atoms with E-state index in [-0.39, 0.29) is 0 Å². The number of hydrogen-bond acceptors (Lipinski definition) is 3. The van der Waals surface area contributed by atoms with Gasteiger partial charge in [-0.3, -0.25) is 0 Å². The summed E-state index contributed by atoms with van der Waals surface area (Å²) in [5.74, 6) is 1.01. The Bertz CT molecular complexity index is 920. The molecule has 21 heavy (non-hydrogen) atoms. The van der Waals surface area contributed by atoms with Gasteiger partial charge in [0.05, 0.1) is 6.54 Å². The summed E-state index contributed by atoms with van der Waals surface area (Å²) >= 11 is 0. The Morgan fingerprint density at radius 3 is 2.81 bits per heavy atom. The van der Waals surface area contributed by atoms with Gasteiger partial charge in [0.1, 0.15) is 17.0 Å². The number of imidazole rings is 1. The second-order valence-electron chi connectivity index (χ2n) is 5.12. The van der Waals surface area contributed by atoms with Crippen molar-refractivity contribution >= 4 is 27.6 Å². The van der Waals surface area contributed by atoms with Crippen LogP contribution in [0.3, 0.4) is 0 Å². The topological polar surface area (TPSA) is 43.0 Å². The number of benzene rings is 2. The molecule has 0 aliphatic heterocycles. The van der Waals surface area contributed by atoms with Crippen LogP contribution in [0.2, 0.25) is 0 Å². The number of para-hydroxylation sites is 1. The molecule has 0 aliphatic carbocycles. The molecule has 0 saturated carbocycles. The molecule has 4 heteroatoms. The first kappa shape index (κ1) is 12.0. The molecule has 0 unspecified atom stereocenters. The maximum Gasteiger partial charge on any atom is 0.135 e. The van der Waals surface area contributed by atoms with Crippen molar-refractivity contribution in [2.24, 2.45) is 7.05 Å². The van der Waals surface area contributed by atoms with Gasteiger partial charge in [0.15, 0.2) is 0 Å². The van der Waals surface area contributed by atoms with E-state index in [1.165, 1.54) is 0 Å². The first-order valence-corrected chi connectivity index (χ1v) is 6.92. The predicted molar refractivity (Wildman–Crippen MR) is 84.3 cm³/mol. The Balaban J connectivity index is 1.69. The molecule has 0 atom stereocenters. The first-order chi connectivity index (χ1) is 10.3. The van der Waals surface area contributed by atoms with Crippen LogP contribution in [0.4, 0.5) is 5.69 Å². The van der Waals surface area contributed by atoms with Crippen molar-refractivity contribution < 1.29 is 4.42 Å². The SMILES string of the molecule is Cn1ccnc1CNc1ccc2oc3ccccc3c2c1. The second-order valence-corrected chi connectivity index (χ2v) is 5.12. The van der Waals surface area contributed by atoms with Crippen LogP contribution in [-0.4, -0.2) is 9.55 Å². The van der Waals surface area contributed by atoms with E-state index in [0.717, 1.165) is 33.5 Å². The maximum absolute atomic E-state index is 5.83. The van der Waals surface area contributed by atoms with Crippen LogP contribution in [0.25, 0.3) is 21.9 Å². The zero-order chi connectivity index (χ0) is 14.2. The highest BCUT2D eigenvalue weighted by atomic mass is 16.3. The fourth-order valence-corrected chi connectivity index (χ4v) is 2.58. The normalized spacial score (nSPS) is 11.3. The molecule has 2 heterocycles. The molecule has 4 nitrogen and oxygen atoms in total. The lowest BCUT2D eigenvalue weighted by molar-refractivity contribution is 0.669. The minimum absolute atomic E-state index is 0.699. The fraction of sp³-hybridized carbons (Fsp3) is 0.118. The van der Waals surface area contributed by atoms with E-state index < -0.39 is 0 Å². The molecule has 0 radical (unpaired) electrons. The lowest BCUT2D eigenvalue weighted by atomic mass is 10.1. The highest BCUT2D eigenvalue weighted by molar-refractivity contribution is 6.05. The van der Waals surface area contributed by atoms with Gasteiger partial charge in [0.25, 0.3) is 0 Å². The van der Waals surface area contributed by atoms with Gasteiger partial charge in [-0.2, -0.15) is 0 Å². The van der Waals surface area contributed by atoms with Crippen LogP contribution in [0.15, 0.2) is 59.3 Å². The molecule has 104 valence electrons. The molecule has 0 fully saturated rings. The molecule has 2 aromatic carbocycles. The second kappa shape index (κ2) is 4.66. The summed E-state index contributed by atoms with van der Waals surface area (Å²) in [7, 11) is 2.00. The van der Waals surface area contributed by atoms with Crippen LogP contribution in [0.1, 0.15) is 5.82 Å². The lowest BCUT2D eigenvalue weighted by Crippen LogP contribution is -2.05. The van der Waals surface area contributed by atoms with Gasteiger partial charge in [-0.1, -0.05) is 18.2 Å². The van der Waals surface area contributed by atoms with Crippen molar-refractivity contribution in [3.63, 3.8) is 0 Å². The average Bonchev–Trinajstić information content (AvgIpc) is 3.08. The van der Waals surface area contributed by atoms with Crippen molar-refractivity contribution in [2.45, 2.75) is 6.54 Å². The highest BCUT2D eigenvalue weighted by Crippen LogP contribution is 2.30. The largest absolute Gasteiger partial charge is 0.456 e. The van der Waals surface area contributed by atoms with Crippen LogP contribution in [0.5, 0.6) is 0 Å². The van der Waals surface area contributed by atoms with Gasteiger partial charge in [0, 0.05) is 35.9 Å². The van der Waals surface area contributed by atoms with Gasteiger partial charge >= 0.3 is 0 Å². The van der Waals surface area contributed by atoms with Gasteiger partial charge in [-0.15, -0.1) is 0 Å². The molecule has 0 bridgehead atoms. The monoisotopic (exact) mass is 277 g/mol. The molecule has 4 rings (SSSR count). The lowest BCUT2D eigenvalue weighted by Gasteiger charge is -2.06. The molecule has 0 spiro atoms. The highest BCUT2D eigenvalue weighted by Gasteiger charge is 2.07. The summed E-state index contributed by atoms with van der Waals surface area (Å²) in [6, 6.07) is 14.3. The third-order valence-electron chi connectivity index (χ3n) is 3.75. The number of anilines is 1. The number of aromatic nitrogens is 2. The number of hydrogen-bond donors (Lipinski definition) is 1.